The van der Waals surface area contributed by atoms with Gasteiger partial charge in [-0.25, -0.2) is 0 Å². The number of hydrogen-bond donors (Lipinski definition) is 1. The Morgan fingerprint density at radius 2 is 2.28 bits per heavy atom. The Hall–Kier alpha value is -1.60. The summed E-state index contributed by atoms with van der Waals surface area (Å²) in [6, 6.07) is 5.12. The summed E-state index contributed by atoms with van der Waals surface area (Å²) in [7, 11) is 0. The molecule has 0 aliphatic carbocycles. The fourth-order valence-corrected chi connectivity index (χ4v) is 3.22. The maximum atomic E-state index is 9.10. The lowest BCUT2D eigenvalue weighted by atomic mass is 9.98. The third-order valence-electron chi connectivity index (χ3n) is 4.14. The van der Waals surface area contributed by atoms with Crippen LogP contribution in [0.25, 0.3) is 0 Å². The summed E-state index contributed by atoms with van der Waals surface area (Å²) >= 11 is 0. The minimum absolute atomic E-state index is 0.474. The molecule has 94 valence electrons. The number of hydrogen-bond acceptors (Lipinski definition) is 4. The highest BCUT2D eigenvalue weighted by Crippen LogP contribution is 2.29. The molecular weight excluding hydrogens is 224 g/mol. The van der Waals surface area contributed by atoms with Crippen LogP contribution in [0.2, 0.25) is 0 Å². The number of pyridine rings is 1. The number of anilines is 1. The average Bonchev–Trinajstić information content (AvgIpc) is 2.83. The van der Waals surface area contributed by atoms with Gasteiger partial charge in [0.25, 0.3) is 0 Å². The molecule has 0 bridgehead atoms. The monoisotopic (exact) mass is 242 g/mol. The van der Waals surface area contributed by atoms with Crippen molar-refractivity contribution in [3.8, 4) is 6.07 Å². The van der Waals surface area contributed by atoms with Gasteiger partial charge < -0.3 is 5.32 Å². The molecule has 0 aromatic carbocycles. The molecule has 2 fully saturated rings. The van der Waals surface area contributed by atoms with Gasteiger partial charge in [0.15, 0.2) is 0 Å². The Balaban J connectivity index is 1.75. The highest BCUT2D eigenvalue weighted by Gasteiger charge is 2.35. The maximum Gasteiger partial charge on any atom is 0.101 e. The van der Waals surface area contributed by atoms with Crippen LogP contribution in [0.4, 0.5) is 5.69 Å². The van der Waals surface area contributed by atoms with Gasteiger partial charge in [-0.05, 0) is 31.9 Å². The predicted molar refractivity (Wildman–Crippen MR) is 70.2 cm³/mol. The molecule has 18 heavy (non-hydrogen) atoms. The van der Waals surface area contributed by atoms with E-state index in [4.69, 9.17) is 5.26 Å². The molecule has 4 heteroatoms. The zero-order valence-electron chi connectivity index (χ0n) is 10.5. The van der Waals surface area contributed by atoms with E-state index in [2.05, 4.69) is 21.3 Å². The van der Waals surface area contributed by atoms with Crippen LogP contribution in [0.3, 0.4) is 0 Å². The molecule has 0 amide bonds. The van der Waals surface area contributed by atoms with Crippen molar-refractivity contribution in [3.63, 3.8) is 0 Å². The van der Waals surface area contributed by atoms with Crippen LogP contribution in [0.1, 0.15) is 31.2 Å². The standard InChI is InChI=1S/C14H18N4/c15-9-11-4-6-16-10-13(11)17-12-5-8-18-7-2-1-3-14(12)18/h4,6,10,12,14,17H,1-3,5,7-8H2. The molecule has 3 rings (SSSR count). The second-order valence-corrected chi connectivity index (χ2v) is 5.17. The zero-order chi connectivity index (χ0) is 12.4. The van der Waals surface area contributed by atoms with Crippen molar-refractivity contribution in [2.75, 3.05) is 18.4 Å². The normalized spacial score (nSPS) is 27.5. The number of aromatic nitrogens is 1. The molecule has 1 aromatic heterocycles. The van der Waals surface area contributed by atoms with Gasteiger partial charge in [-0.1, -0.05) is 6.42 Å². The zero-order valence-corrected chi connectivity index (χ0v) is 10.5. The molecule has 3 heterocycles. The Bertz CT molecular complexity index is 465. The molecule has 2 unspecified atom stereocenters. The Morgan fingerprint density at radius 1 is 1.33 bits per heavy atom. The summed E-state index contributed by atoms with van der Waals surface area (Å²) in [5.74, 6) is 0. The average molecular weight is 242 g/mol. The van der Waals surface area contributed by atoms with E-state index >= 15 is 0 Å². The van der Waals surface area contributed by atoms with Gasteiger partial charge in [0.05, 0.1) is 17.4 Å². The third-order valence-corrected chi connectivity index (χ3v) is 4.14. The minimum atomic E-state index is 0.474. The van der Waals surface area contributed by atoms with Crippen molar-refractivity contribution in [1.29, 1.82) is 5.26 Å². The predicted octanol–water partition coefficient (Wildman–Crippen LogP) is 1.99. The van der Waals surface area contributed by atoms with Crippen LogP contribution in [0, 0.1) is 11.3 Å². The first-order valence-corrected chi connectivity index (χ1v) is 6.73. The fourth-order valence-electron chi connectivity index (χ4n) is 3.22. The van der Waals surface area contributed by atoms with E-state index in [-0.39, 0.29) is 0 Å². The first-order chi connectivity index (χ1) is 8.88. The molecule has 0 spiro atoms. The Morgan fingerprint density at radius 3 is 3.17 bits per heavy atom. The van der Waals surface area contributed by atoms with Crippen molar-refractivity contribution < 1.29 is 0 Å². The van der Waals surface area contributed by atoms with Gasteiger partial charge in [0.1, 0.15) is 6.07 Å². The Labute approximate surface area is 108 Å². The number of nitriles is 1. The van der Waals surface area contributed by atoms with Crippen LogP contribution >= 0.6 is 0 Å². The smallest absolute Gasteiger partial charge is 0.101 e. The number of nitrogens with zero attached hydrogens (tertiary/aromatic N) is 3. The highest BCUT2D eigenvalue weighted by atomic mass is 15.2. The largest absolute Gasteiger partial charge is 0.378 e. The number of nitrogens with one attached hydrogen (secondary N) is 1. The van der Waals surface area contributed by atoms with Gasteiger partial charge in [-0.2, -0.15) is 5.26 Å². The van der Waals surface area contributed by atoms with E-state index in [0.717, 1.165) is 5.69 Å². The lowest BCUT2D eigenvalue weighted by molar-refractivity contribution is 0.193. The van der Waals surface area contributed by atoms with Crippen LogP contribution in [0.15, 0.2) is 18.5 Å². The number of rotatable bonds is 2. The number of fused-ring (bicyclic) bond motifs is 1. The summed E-state index contributed by atoms with van der Waals surface area (Å²) < 4.78 is 0. The lowest BCUT2D eigenvalue weighted by Crippen LogP contribution is -2.41. The molecular formula is C14H18N4. The van der Waals surface area contributed by atoms with Crippen molar-refractivity contribution in [1.82, 2.24) is 9.88 Å². The van der Waals surface area contributed by atoms with E-state index < -0.39 is 0 Å². The number of piperidine rings is 1. The minimum Gasteiger partial charge on any atom is -0.378 e. The SMILES string of the molecule is N#Cc1ccncc1NC1CCN2CCCCC12. The van der Waals surface area contributed by atoms with Crippen molar-refractivity contribution >= 4 is 5.69 Å². The van der Waals surface area contributed by atoms with E-state index in [1.807, 2.05) is 0 Å². The van der Waals surface area contributed by atoms with Crippen LogP contribution < -0.4 is 5.32 Å². The second kappa shape index (κ2) is 4.95. The van der Waals surface area contributed by atoms with E-state index in [1.54, 1.807) is 18.5 Å². The van der Waals surface area contributed by atoms with Crippen molar-refractivity contribution in [3.05, 3.63) is 24.0 Å². The van der Waals surface area contributed by atoms with Gasteiger partial charge in [0, 0.05) is 24.8 Å². The molecule has 2 aliphatic heterocycles. The van der Waals surface area contributed by atoms with E-state index in [9.17, 15) is 0 Å². The van der Waals surface area contributed by atoms with Crippen LogP contribution in [-0.2, 0) is 0 Å². The van der Waals surface area contributed by atoms with Gasteiger partial charge in [-0.3, -0.25) is 9.88 Å². The van der Waals surface area contributed by atoms with E-state index in [1.165, 1.54) is 38.8 Å². The Kier molecular flexibility index (Phi) is 3.16. The molecule has 2 aliphatic rings. The summed E-state index contributed by atoms with van der Waals surface area (Å²) in [5, 5.41) is 12.6. The summed E-state index contributed by atoms with van der Waals surface area (Å²) in [6.45, 7) is 2.42. The third kappa shape index (κ3) is 2.06. The first-order valence-electron chi connectivity index (χ1n) is 6.73. The maximum absolute atomic E-state index is 9.10. The molecule has 4 nitrogen and oxygen atoms in total. The molecule has 0 radical (unpaired) electrons. The van der Waals surface area contributed by atoms with Gasteiger partial charge in [0.2, 0.25) is 0 Å². The molecule has 0 saturated carbocycles. The summed E-state index contributed by atoms with van der Waals surface area (Å²) in [4.78, 5) is 6.70. The first kappa shape index (κ1) is 11.5. The molecule has 2 saturated heterocycles. The highest BCUT2D eigenvalue weighted by molar-refractivity contribution is 5.56. The second-order valence-electron chi connectivity index (χ2n) is 5.17. The van der Waals surface area contributed by atoms with Crippen LogP contribution in [0.5, 0.6) is 0 Å². The van der Waals surface area contributed by atoms with Gasteiger partial charge in [-0.15, -0.1) is 0 Å². The quantitative estimate of drug-likeness (QED) is 0.861. The van der Waals surface area contributed by atoms with Gasteiger partial charge >= 0.3 is 0 Å². The molecule has 1 aromatic rings. The lowest BCUT2D eigenvalue weighted by Gasteiger charge is -2.33. The topological polar surface area (TPSA) is 52.0 Å². The van der Waals surface area contributed by atoms with Crippen LogP contribution in [-0.4, -0.2) is 35.1 Å². The van der Waals surface area contributed by atoms with Crippen molar-refractivity contribution in [2.45, 2.75) is 37.8 Å². The molecule has 2 atom stereocenters. The summed E-state index contributed by atoms with van der Waals surface area (Å²) in [5.41, 5.74) is 1.58. The van der Waals surface area contributed by atoms with Crippen molar-refractivity contribution in [2.24, 2.45) is 0 Å². The fraction of sp³-hybridized carbons (Fsp3) is 0.571. The molecule has 1 N–H and O–H groups in total. The summed E-state index contributed by atoms with van der Waals surface area (Å²) in [6.07, 6.45) is 8.55. The van der Waals surface area contributed by atoms with E-state index in [0.29, 0.717) is 17.6 Å².